The molecule has 1 N–H and O–H groups in total. The molecule has 1 aliphatic rings. The highest BCUT2D eigenvalue weighted by atomic mass is 35.5. The number of rotatable bonds is 3. The monoisotopic (exact) mass is 455 g/mol. The van der Waals surface area contributed by atoms with Crippen LogP contribution >= 0.6 is 46.6 Å². The second kappa shape index (κ2) is 8.74. The first-order valence-corrected chi connectivity index (χ1v) is 10.3. The van der Waals surface area contributed by atoms with Crippen LogP contribution in [0.1, 0.15) is 12.0 Å². The van der Waals surface area contributed by atoms with Gasteiger partial charge in [-0.05, 0) is 42.8 Å². The van der Waals surface area contributed by atoms with Crippen LogP contribution in [-0.4, -0.2) is 34.2 Å². The number of hydrogen-bond acceptors (Lipinski definition) is 4. The average Bonchev–Trinajstić information content (AvgIpc) is 2.61. The fraction of sp³-hybridized carbons (Fsp3) is 0.211. The predicted molar refractivity (Wildman–Crippen MR) is 117 cm³/mol. The van der Waals surface area contributed by atoms with Crippen LogP contribution in [0.25, 0.3) is 0 Å². The maximum Gasteiger partial charge on any atom is 0.238 e. The van der Waals surface area contributed by atoms with E-state index in [2.05, 4.69) is 10.3 Å². The number of nitrogens with zero attached hydrogens (tertiary/aromatic N) is 2. The minimum Gasteiger partial charge on any atom is -0.325 e. The summed E-state index contributed by atoms with van der Waals surface area (Å²) in [7, 11) is 1.62. The zero-order chi connectivity index (χ0) is 20.4. The molecule has 146 valence electrons. The Morgan fingerprint density at radius 3 is 2.50 bits per heavy atom. The number of thioether (sulfide) groups is 1. The second-order valence-corrected chi connectivity index (χ2v) is 8.69. The van der Waals surface area contributed by atoms with E-state index in [4.69, 9.17) is 34.8 Å². The lowest BCUT2D eigenvalue weighted by molar-refractivity contribution is -0.128. The molecule has 1 heterocycles. The van der Waals surface area contributed by atoms with E-state index in [9.17, 15) is 9.59 Å². The van der Waals surface area contributed by atoms with Gasteiger partial charge in [-0.25, -0.2) is 4.99 Å². The Bertz CT molecular complexity index is 961. The van der Waals surface area contributed by atoms with Crippen LogP contribution in [0, 0.1) is 6.92 Å². The molecule has 0 bridgehead atoms. The summed E-state index contributed by atoms with van der Waals surface area (Å²) in [5, 5.41) is 4.03. The molecule has 2 amide bonds. The Morgan fingerprint density at radius 1 is 1.18 bits per heavy atom. The molecule has 0 aromatic heterocycles. The predicted octanol–water partition coefficient (Wildman–Crippen LogP) is 5.55. The lowest BCUT2D eigenvalue weighted by atomic mass is 10.2. The highest BCUT2D eigenvalue weighted by Gasteiger charge is 2.34. The molecule has 28 heavy (non-hydrogen) atoms. The van der Waals surface area contributed by atoms with Crippen LogP contribution in [0.15, 0.2) is 41.4 Å². The van der Waals surface area contributed by atoms with Crippen molar-refractivity contribution in [3.8, 4) is 0 Å². The first-order chi connectivity index (χ1) is 13.2. The van der Waals surface area contributed by atoms with Crippen molar-refractivity contribution in [3.63, 3.8) is 0 Å². The highest BCUT2D eigenvalue weighted by molar-refractivity contribution is 8.15. The van der Waals surface area contributed by atoms with E-state index >= 15 is 0 Å². The summed E-state index contributed by atoms with van der Waals surface area (Å²) in [5.41, 5.74) is 2.00. The summed E-state index contributed by atoms with van der Waals surface area (Å²) in [5.74, 6) is -0.490. The third kappa shape index (κ3) is 5.00. The Morgan fingerprint density at radius 2 is 1.86 bits per heavy atom. The van der Waals surface area contributed by atoms with Gasteiger partial charge in [-0.2, -0.15) is 0 Å². The summed E-state index contributed by atoms with van der Waals surface area (Å²) in [4.78, 5) is 30.9. The van der Waals surface area contributed by atoms with Crippen LogP contribution in [0.5, 0.6) is 0 Å². The van der Waals surface area contributed by atoms with Gasteiger partial charge in [0.15, 0.2) is 5.17 Å². The van der Waals surface area contributed by atoms with E-state index in [1.807, 2.05) is 13.0 Å². The Labute approximate surface area is 182 Å². The molecule has 0 radical (unpaired) electrons. The number of benzene rings is 2. The molecule has 1 fully saturated rings. The molecular weight excluding hydrogens is 441 g/mol. The number of amidine groups is 1. The van der Waals surface area contributed by atoms with Gasteiger partial charge < -0.3 is 5.32 Å². The molecule has 1 aliphatic heterocycles. The summed E-state index contributed by atoms with van der Waals surface area (Å²) in [6, 6.07) is 10.1. The number of aliphatic imine (C=N–C) groups is 1. The van der Waals surface area contributed by atoms with Crippen molar-refractivity contribution in [1.29, 1.82) is 0 Å². The normalized spacial score (nSPS) is 18.5. The third-order valence-electron chi connectivity index (χ3n) is 4.07. The minimum atomic E-state index is -0.614. The molecule has 2 aromatic rings. The molecule has 0 aliphatic carbocycles. The number of carbonyl (C=O) groups is 2. The van der Waals surface area contributed by atoms with E-state index in [1.54, 1.807) is 37.4 Å². The molecule has 1 atom stereocenters. The standard InChI is InChI=1S/C19H16Cl3N3O2S/c1-10-3-4-13(8-15(10)22)23-18(27)16-9-17(26)25(2)19(28-16)24-14-6-11(20)5-12(21)7-14/h3-8,16H,9H2,1-2H3,(H,23,27). The first kappa shape index (κ1) is 21.0. The zero-order valence-electron chi connectivity index (χ0n) is 15.0. The van der Waals surface area contributed by atoms with E-state index in [0.29, 0.717) is 31.6 Å². The van der Waals surface area contributed by atoms with Crippen molar-refractivity contribution in [2.75, 3.05) is 12.4 Å². The van der Waals surface area contributed by atoms with Crippen molar-refractivity contribution < 1.29 is 9.59 Å². The van der Waals surface area contributed by atoms with Crippen molar-refractivity contribution in [3.05, 3.63) is 57.0 Å². The SMILES string of the molecule is Cc1ccc(NC(=O)C2CC(=O)N(C)C(=Nc3cc(Cl)cc(Cl)c3)S2)cc1Cl. The third-order valence-corrected chi connectivity index (χ3v) is 6.16. The van der Waals surface area contributed by atoms with Crippen molar-refractivity contribution in [1.82, 2.24) is 4.90 Å². The van der Waals surface area contributed by atoms with Crippen molar-refractivity contribution in [2.45, 2.75) is 18.6 Å². The lowest BCUT2D eigenvalue weighted by Crippen LogP contribution is -2.43. The van der Waals surface area contributed by atoms with Gasteiger partial charge in [0.1, 0.15) is 5.25 Å². The fourth-order valence-corrected chi connectivity index (χ4v) is 4.26. The molecule has 0 saturated carbocycles. The van der Waals surface area contributed by atoms with Crippen molar-refractivity contribution in [2.24, 2.45) is 4.99 Å². The largest absolute Gasteiger partial charge is 0.325 e. The lowest BCUT2D eigenvalue weighted by Gasteiger charge is -2.28. The maximum absolute atomic E-state index is 12.7. The van der Waals surface area contributed by atoms with Gasteiger partial charge in [-0.15, -0.1) is 0 Å². The summed E-state index contributed by atoms with van der Waals surface area (Å²) >= 11 is 19.3. The van der Waals surface area contributed by atoms with E-state index in [-0.39, 0.29) is 18.2 Å². The number of aryl methyl sites for hydroxylation is 1. The van der Waals surface area contributed by atoms with Crippen LogP contribution in [0.3, 0.4) is 0 Å². The first-order valence-electron chi connectivity index (χ1n) is 8.28. The average molecular weight is 457 g/mol. The molecule has 3 rings (SSSR count). The van der Waals surface area contributed by atoms with E-state index in [1.165, 1.54) is 16.7 Å². The number of hydrogen-bond donors (Lipinski definition) is 1. The van der Waals surface area contributed by atoms with Crippen LogP contribution in [0.2, 0.25) is 15.1 Å². The Hall–Kier alpha value is -1.73. The summed E-state index contributed by atoms with van der Waals surface area (Å²) in [6.45, 7) is 1.88. The van der Waals surface area contributed by atoms with Gasteiger partial charge in [0.05, 0.1) is 5.69 Å². The van der Waals surface area contributed by atoms with Gasteiger partial charge in [-0.1, -0.05) is 52.6 Å². The van der Waals surface area contributed by atoms with Crippen molar-refractivity contribution >= 4 is 74.9 Å². The summed E-state index contributed by atoms with van der Waals surface area (Å²) < 4.78 is 0. The van der Waals surface area contributed by atoms with Gasteiger partial charge in [0, 0.05) is 34.2 Å². The van der Waals surface area contributed by atoms with Crippen LogP contribution < -0.4 is 5.32 Å². The number of anilines is 1. The molecule has 0 spiro atoms. The summed E-state index contributed by atoms with van der Waals surface area (Å²) in [6.07, 6.45) is 0.0713. The molecule has 1 unspecified atom stereocenters. The van der Waals surface area contributed by atoms with Gasteiger partial charge >= 0.3 is 0 Å². The number of amides is 2. The van der Waals surface area contributed by atoms with Crippen LogP contribution in [-0.2, 0) is 9.59 Å². The van der Waals surface area contributed by atoms with Gasteiger partial charge in [-0.3, -0.25) is 14.5 Å². The molecule has 1 saturated heterocycles. The molecular formula is C19H16Cl3N3O2S. The topological polar surface area (TPSA) is 61.8 Å². The van der Waals surface area contributed by atoms with Crippen LogP contribution in [0.4, 0.5) is 11.4 Å². The quantitative estimate of drug-likeness (QED) is 0.659. The maximum atomic E-state index is 12.7. The van der Waals surface area contributed by atoms with Gasteiger partial charge in [0.25, 0.3) is 0 Å². The molecule has 5 nitrogen and oxygen atoms in total. The minimum absolute atomic E-state index is 0.0713. The Balaban J connectivity index is 1.81. The number of carbonyl (C=O) groups excluding carboxylic acids is 2. The Kier molecular flexibility index (Phi) is 6.55. The van der Waals surface area contributed by atoms with E-state index in [0.717, 1.165) is 5.56 Å². The number of nitrogens with one attached hydrogen (secondary N) is 1. The second-order valence-electron chi connectivity index (χ2n) is 6.24. The fourth-order valence-electron chi connectivity index (χ4n) is 2.51. The molecule has 9 heteroatoms. The van der Waals surface area contributed by atoms with Gasteiger partial charge in [0.2, 0.25) is 11.8 Å². The zero-order valence-corrected chi connectivity index (χ0v) is 18.1. The van der Waals surface area contributed by atoms with E-state index < -0.39 is 5.25 Å². The number of halogens is 3. The highest BCUT2D eigenvalue weighted by Crippen LogP contribution is 2.31. The molecule has 2 aromatic carbocycles. The smallest absolute Gasteiger partial charge is 0.238 e.